The van der Waals surface area contributed by atoms with Crippen LogP contribution in [0, 0.1) is 11.3 Å². The zero-order valence-electron chi connectivity index (χ0n) is 12.4. The third-order valence-corrected chi connectivity index (χ3v) is 5.66. The van der Waals surface area contributed by atoms with Crippen molar-refractivity contribution in [3.05, 3.63) is 34.9 Å². The first-order valence-corrected chi connectivity index (χ1v) is 8.17. The van der Waals surface area contributed by atoms with E-state index in [1.807, 2.05) is 12.1 Å². The second-order valence-electron chi connectivity index (χ2n) is 6.46. The van der Waals surface area contributed by atoms with Gasteiger partial charge in [-0.05, 0) is 42.9 Å². The van der Waals surface area contributed by atoms with Crippen molar-refractivity contribution in [1.29, 1.82) is 0 Å². The highest BCUT2D eigenvalue weighted by molar-refractivity contribution is 6.30. The van der Waals surface area contributed by atoms with Crippen LogP contribution in [-0.2, 0) is 4.79 Å². The Hall–Kier alpha value is -1.06. The molecule has 1 aliphatic heterocycles. The molecule has 1 aromatic carbocycles. The molecule has 1 heterocycles. The first-order valence-electron chi connectivity index (χ1n) is 7.80. The highest BCUT2D eigenvalue weighted by Gasteiger charge is 2.55. The van der Waals surface area contributed by atoms with Gasteiger partial charge in [-0.25, -0.2) is 0 Å². The van der Waals surface area contributed by atoms with Crippen LogP contribution < -0.4 is 0 Å². The SMILES string of the molecule is CCC(c1ccc(Cl)cc1)N1C[C@@H]2CCC[C@@]2(C(=O)O)C1. The standard InChI is InChI=1S/C17H22ClNO2/c1-2-15(12-5-7-14(18)8-6-12)19-10-13-4-3-9-17(13,11-19)16(20)21/h5-8,13,15H,2-4,9-11H2,1H3,(H,20,21)/t13-,15?,17+/m0/s1. The van der Waals surface area contributed by atoms with Gasteiger partial charge in [-0.3, -0.25) is 9.69 Å². The lowest BCUT2D eigenvalue weighted by atomic mass is 9.81. The van der Waals surface area contributed by atoms with Crippen LogP contribution in [0.2, 0.25) is 5.02 Å². The molecule has 0 radical (unpaired) electrons. The number of halogens is 1. The number of hydrogen-bond donors (Lipinski definition) is 1. The molecule has 2 aliphatic rings. The zero-order chi connectivity index (χ0) is 15.0. The highest BCUT2D eigenvalue weighted by Crippen LogP contribution is 2.51. The van der Waals surface area contributed by atoms with E-state index in [2.05, 4.69) is 24.0 Å². The summed E-state index contributed by atoms with van der Waals surface area (Å²) in [5, 5.41) is 10.5. The first kappa shape index (κ1) is 14.9. The molecule has 1 saturated heterocycles. The van der Waals surface area contributed by atoms with E-state index in [4.69, 9.17) is 11.6 Å². The summed E-state index contributed by atoms with van der Waals surface area (Å²) in [7, 11) is 0. The minimum atomic E-state index is -0.599. The molecule has 0 spiro atoms. The fourth-order valence-corrected chi connectivity index (χ4v) is 4.43. The number of aliphatic carboxylic acids is 1. The Morgan fingerprint density at radius 3 is 2.76 bits per heavy atom. The predicted molar refractivity (Wildman–Crippen MR) is 83.5 cm³/mol. The monoisotopic (exact) mass is 307 g/mol. The van der Waals surface area contributed by atoms with E-state index in [-0.39, 0.29) is 0 Å². The Kier molecular flexibility index (Phi) is 3.98. The van der Waals surface area contributed by atoms with Gasteiger partial charge in [0.25, 0.3) is 0 Å². The van der Waals surface area contributed by atoms with Gasteiger partial charge in [0.1, 0.15) is 0 Å². The first-order chi connectivity index (χ1) is 10.1. The Balaban J connectivity index is 1.83. The summed E-state index contributed by atoms with van der Waals surface area (Å²) < 4.78 is 0. The molecule has 114 valence electrons. The number of carbonyl (C=O) groups is 1. The number of likely N-dealkylation sites (tertiary alicyclic amines) is 1. The number of fused-ring (bicyclic) bond motifs is 1. The number of carboxylic acid groups (broad SMARTS) is 1. The Bertz CT molecular complexity index is 530. The molecule has 3 atom stereocenters. The molecule has 0 aromatic heterocycles. The maximum atomic E-state index is 11.8. The number of rotatable bonds is 4. The Morgan fingerprint density at radius 1 is 1.48 bits per heavy atom. The smallest absolute Gasteiger partial charge is 0.311 e. The second-order valence-corrected chi connectivity index (χ2v) is 6.89. The molecule has 0 bridgehead atoms. The van der Waals surface area contributed by atoms with Crippen LogP contribution in [0.15, 0.2) is 24.3 Å². The summed E-state index contributed by atoms with van der Waals surface area (Å²) in [6.45, 7) is 3.77. The van der Waals surface area contributed by atoms with Crippen LogP contribution in [0.1, 0.15) is 44.2 Å². The third kappa shape index (κ3) is 2.47. The largest absolute Gasteiger partial charge is 0.481 e. The van der Waals surface area contributed by atoms with Crippen LogP contribution in [0.3, 0.4) is 0 Å². The van der Waals surface area contributed by atoms with Crippen molar-refractivity contribution < 1.29 is 9.90 Å². The van der Waals surface area contributed by atoms with Crippen LogP contribution in [0.4, 0.5) is 0 Å². The van der Waals surface area contributed by atoms with E-state index in [1.165, 1.54) is 5.56 Å². The average Bonchev–Trinajstić information content (AvgIpc) is 2.99. The highest BCUT2D eigenvalue weighted by atomic mass is 35.5. The molecule has 3 nitrogen and oxygen atoms in total. The molecular formula is C17H22ClNO2. The van der Waals surface area contributed by atoms with Crippen molar-refractivity contribution >= 4 is 17.6 Å². The molecule has 21 heavy (non-hydrogen) atoms. The zero-order valence-corrected chi connectivity index (χ0v) is 13.1. The van der Waals surface area contributed by atoms with Gasteiger partial charge in [-0.1, -0.05) is 37.1 Å². The quantitative estimate of drug-likeness (QED) is 0.914. The number of benzene rings is 1. The van der Waals surface area contributed by atoms with Crippen molar-refractivity contribution in [2.45, 2.75) is 38.6 Å². The lowest BCUT2D eigenvalue weighted by Crippen LogP contribution is -2.36. The van der Waals surface area contributed by atoms with Gasteiger partial charge in [0.2, 0.25) is 0 Å². The molecule has 1 aliphatic carbocycles. The van der Waals surface area contributed by atoms with E-state index in [9.17, 15) is 9.90 Å². The van der Waals surface area contributed by atoms with Crippen molar-refractivity contribution in [1.82, 2.24) is 4.90 Å². The van der Waals surface area contributed by atoms with Crippen LogP contribution in [0.25, 0.3) is 0 Å². The Labute approximate surface area is 130 Å². The van der Waals surface area contributed by atoms with E-state index in [0.717, 1.165) is 37.3 Å². The molecule has 1 N–H and O–H groups in total. The minimum Gasteiger partial charge on any atom is -0.481 e. The van der Waals surface area contributed by atoms with E-state index in [0.29, 0.717) is 18.5 Å². The van der Waals surface area contributed by atoms with E-state index >= 15 is 0 Å². The fourth-order valence-electron chi connectivity index (χ4n) is 4.30. The van der Waals surface area contributed by atoms with Crippen molar-refractivity contribution in [3.63, 3.8) is 0 Å². The molecule has 3 rings (SSSR count). The maximum absolute atomic E-state index is 11.8. The molecule has 2 fully saturated rings. The normalized spacial score (nSPS) is 30.3. The average molecular weight is 308 g/mol. The summed E-state index contributed by atoms with van der Waals surface area (Å²) >= 11 is 5.97. The van der Waals surface area contributed by atoms with Gasteiger partial charge < -0.3 is 5.11 Å². The number of carboxylic acids is 1. The number of nitrogens with zero attached hydrogens (tertiary/aromatic N) is 1. The van der Waals surface area contributed by atoms with Gasteiger partial charge >= 0.3 is 5.97 Å². The van der Waals surface area contributed by atoms with Gasteiger partial charge in [-0.2, -0.15) is 0 Å². The fraction of sp³-hybridized carbons (Fsp3) is 0.588. The van der Waals surface area contributed by atoms with Gasteiger partial charge in [-0.15, -0.1) is 0 Å². The van der Waals surface area contributed by atoms with Crippen LogP contribution in [0.5, 0.6) is 0 Å². The Morgan fingerprint density at radius 2 is 2.19 bits per heavy atom. The van der Waals surface area contributed by atoms with Crippen molar-refractivity contribution in [3.8, 4) is 0 Å². The molecule has 0 amide bonds. The molecular weight excluding hydrogens is 286 g/mol. The predicted octanol–water partition coefficient (Wildman–Crippen LogP) is 3.98. The lowest BCUT2D eigenvalue weighted by molar-refractivity contribution is -0.149. The van der Waals surface area contributed by atoms with Crippen molar-refractivity contribution in [2.24, 2.45) is 11.3 Å². The molecule has 4 heteroatoms. The molecule has 1 saturated carbocycles. The number of hydrogen-bond acceptors (Lipinski definition) is 2. The van der Waals surface area contributed by atoms with Crippen LogP contribution >= 0.6 is 11.6 Å². The van der Waals surface area contributed by atoms with Crippen LogP contribution in [-0.4, -0.2) is 29.1 Å². The lowest BCUT2D eigenvalue weighted by Gasteiger charge is -2.29. The third-order valence-electron chi connectivity index (χ3n) is 5.41. The molecule has 1 unspecified atom stereocenters. The minimum absolute atomic E-state index is 0.295. The van der Waals surface area contributed by atoms with E-state index < -0.39 is 11.4 Å². The second kappa shape index (κ2) is 5.62. The molecule has 1 aromatic rings. The van der Waals surface area contributed by atoms with Gasteiger partial charge in [0, 0.05) is 24.2 Å². The van der Waals surface area contributed by atoms with E-state index in [1.54, 1.807) is 0 Å². The summed E-state index contributed by atoms with van der Waals surface area (Å²) in [5.41, 5.74) is 0.738. The summed E-state index contributed by atoms with van der Waals surface area (Å²) in [4.78, 5) is 14.2. The summed E-state index contributed by atoms with van der Waals surface area (Å²) in [6, 6.07) is 8.27. The topological polar surface area (TPSA) is 40.5 Å². The van der Waals surface area contributed by atoms with Gasteiger partial charge in [0.05, 0.1) is 5.41 Å². The van der Waals surface area contributed by atoms with Crippen molar-refractivity contribution in [2.75, 3.05) is 13.1 Å². The summed E-state index contributed by atoms with van der Waals surface area (Å²) in [5.74, 6) is -0.283. The van der Waals surface area contributed by atoms with Gasteiger partial charge in [0.15, 0.2) is 0 Å². The maximum Gasteiger partial charge on any atom is 0.311 e. The summed E-state index contributed by atoms with van der Waals surface area (Å²) in [6.07, 6.45) is 3.94.